The highest BCUT2D eigenvalue weighted by Gasteiger charge is 2.29. The van der Waals surface area contributed by atoms with Crippen LogP contribution < -0.4 is 9.64 Å². The number of halogens is 2. The van der Waals surface area contributed by atoms with Gasteiger partial charge in [-0.1, -0.05) is 26.0 Å². The number of aryl methyl sites for hydroxylation is 1. The summed E-state index contributed by atoms with van der Waals surface area (Å²) in [5.41, 5.74) is 4.23. The first-order chi connectivity index (χ1) is 17.1. The Morgan fingerprint density at radius 3 is 2.53 bits per heavy atom. The van der Waals surface area contributed by atoms with E-state index < -0.39 is 17.6 Å². The SMILES string of the molecule is Cc1ncc(-c2ccc(OCCc3cccc(F)c3F)cn2)c(N2CCC(C)(C)CC2)c1CC(=O)O. The molecule has 3 heterocycles. The van der Waals surface area contributed by atoms with Crippen LogP contribution in [-0.2, 0) is 17.6 Å². The van der Waals surface area contributed by atoms with E-state index >= 15 is 0 Å². The second-order valence-corrected chi connectivity index (χ2v) is 10.00. The Kier molecular flexibility index (Phi) is 7.52. The van der Waals surface area contributed by atoms with Gasteiger partial charge in [0.1, 0.15) is 5.75 Å². The van der Waals surface area contributed by atoms with Gasteiger partial charge in [-0.05, 0) is 48.9 Å². The molecule has 0 unspecified atom stereocenters. The van der Waals surface area contributed by atoms with Gasteiger partial charge in [-0.3, -0.25) is 14.8 Å². The Morgan fingerprint density at radius 2 is 1.86 bits per heavy atom. The number of aliphatic carboxylic acids is 1. The predicted molar refractivity (Wildman–Crippen MR) is 134 cm³/mol. The number of piperidine rings is 1. The van der Waals surface area contributed by atoms with Crippen LogP contribution in [0, 0.1) is 24.0 Å². The molecule has 1 aliphatic rings. The van der Waals surface area contributed by atoms with E-state index in [1.54, 1.807) is 18.5 Å². The van der Waals surface area contributed by atoms with Gasteiger partial charge in [-0.25, -0.2) is 8.78 Å². The maximum atomic E-state index is 13.9. The summed E-state index contributed by atoms with van der Waals surface area (Å²) in [6.45, 7) is 8.17. The molecule has 36 heavy (non-hydrogen) atoms. The lowest BCUT2D eigenvalue weighted by Gasteiger charge is -2.40. The fourth-order valence-corrected chi connectivity index (χ4v) is 4.53. The number of benzene rings is 1. The van der Waals surface area contributed by atoms with E-state index in [4.69, 9.17) is 4.74 Å². The lowest BCUT2D eigenvalue weighted by molar-refractivity contribution is -0.136. The van der Waals surface area contributed by atoms with Gasteiger partial charge in [0.05, 0.1) is 30.6 Å². The third-order valence-corrected chi connectivity index (χ3v) is 6.81. The van der Waals surface area contributed by atoms with Crippen LogP contribution in [0.25, 0.3) is 11.3 Å². The summed E-state index contributed by atoms with van der Waals surface area (Å²) in [5.74, 6) is -2.13. The van der Waals surface area contributed by atoms with Gasteiger partial charge < -0.3 is 14.7 Å². The molecule has 4 rings (SSSR count). The van der Waals surface area contributed by atoms with Crippen molar-refractivity contribution in [1.82, 2.24) is 9.97 Å². The van der Waals surface area contributed by atoms with E-state index in [0.29, 0.717) is 22.7 Å². The number of carbonyl (C=O) groups is 1. The Bertz CT molecular complexity index is 1240. The van der Waals surface area contributed by atoms with Crippen molar-refractivity contribution in [3.8, 4) is 17.0 Å². The zero-order valence-corrected chi connectivity index (χ0v) is 20.9. The number of rotatable bonds is 8. The molecule has 190 valence electrons. The van der Waals surface area contributed by atoms with Crippen molar-refractivity contribution >= 4 is 11.7 Å². The molecule has 1 aromatic carbocycles. The fraction of sp³-hybridized carbons (Fsp3) is 0.393. The average molecular weight is 496 g/mol. The number of anilines is 1. The molecule has 0 amide bonds. The zero-order chi connectivity index (χ0) is 25.9. The molecule has 0 spiro atoms. The molecule has 2 aromatic heterocycles. The van der Waals surface area contributed by atoms with Crippen molar-refractivity contribution in [2.75, 3.05) is 24.6 Å². The summed E-state index contributed by atoms with van der Waals surface area (Å²) in [4.78, 5) is 23.0. The molecule has 0 bridgehead atoms. The van der Waals surface area contributed by atoms with Gasteiger partial charge in [-0.15, -0.1) is 0 Å². The molecule has 0 saturated carbocycles. The average Bonchev–Trinajstić information content (AvgIpc) is 2.83. The van der Waals surface area contributed by atoms with Crippen LogP contribution in [-0.4, -0.2) is 40.7 Å². The first-order valence-electron chi connectivity index (χ1n) is 12.1. The number of nitrogens with zero attached hydrogens (tertiary/aromatic N) is 3. The van der Waals surface area contributed by atoms with Crippen molar-refractivity contribution in [2.45, 2.75) is 46.5 Å². The second-order valence-electron chi connectivity index (χ2n) is 10.00. The van der Waals surface area contributed by atoms with Crippen LogP contribution in [0.5, 0.6) is 5.75 Å². The van der Waals surface area contributed by atoms with Gasteiger partial charge in [0.15, 0.2) is 11.6 Å². The minimum Gasteiger partial charge on any atom is -0.492 e. The van der Waals surface area contributed by atoms with Crippen LogP contribution in [0.15, 0.2) is 42.7 Å². The van der Waals surface area contributed by atoms with Crippen molar-refractivity contribution in [1.29, 1.82) is 0 Å². The van der Waals surface area contributed by atoms with E-state index in [0.717, 1.165) is 43.2 Å². The first kappa shape index (κ1) is 25.5. The predicted octanol–water partition coefficient (Wildman–Crippen LogP) is 5.61. The number of pyridine rings is 2. The summed E-state index contributed by atoms with van der Waals surface area (Å²) >= 11 is 0. The van der Waals surface area contributed by atoms with Crippen LogP contribution in [0.3, 0.4) is 0 Å². The molecule has 0 radical (unpaired) electrons. The minimum atomic E-state index is -0.901. The van der Waals surface area contributed by atoms with Crippen molar-refractivity contribution in [3.63, 3.8) is 0 Å². The van der Waals surface area contributed by atoms with Gasteiger partial charge in [0, 0.05) is 42.5 Å². The summed E-state index contributed by atoms with van der Waals surface area (Å²) in [7, 11) is 0. The molecule has 3 aromatic rings. The van der Waals surface area contributed by atoms with Crippen molar-refractivity contribution < 1.29 is 23.4 Å². The van der Waals surface area contributed by atoms with Crippen LogP contribution in [0.4, 0.5) is 14.5 Å². The lowest BCUT2D eigenvalue weighted by Crippen LogP contribution is -2.38. The summed E-state index contributed by atoms with van der Waals surface area (Å²) in [5, 5.41) is 9.57. The van der Waals surface area contributed by atoms with E-state index in [1.165, 1.54) is 12.1 Å². The Morgan fingerprint density at radius 1 is 1.11 bits per heavy atom. The van der Waals surface area contributed by atoms with Crippen LogP contribution in [0.2, 0.25) is 0 Å². The first-order valence-corrected chi connectivity index (χ1v) is 12.1. The van der Waals surface area contributed by atoms with Crippen LogP contribution in [0.1, 0.15) is 43.5 Å². The highest BCUT2D eigenvalue weighted by Crippen LogP contribution is 2.39. The normalized spacial score (nSPS) is 15.1. The Hall–Kier alpha value is -3.55. The molecule has 1 aliphatic heterocycles. The summed E-state index contributed by atoms with van der Waals surface area (Å²) in [6, 6.07) is 7.67. The maximum absolute atomic E-state index is 13.9. The Balaban J connectivity index is 1.57. The van der Waals surface area contributed by atoms with Gasteiger partial charge in [-0.2, -0.15) is 0 Å². The molecule has 6 nitrogen and oxygen atoms in total. The molecule has 1 N–H and O–H groups in total. The minimum absolute atomic E-state index is 0.111. The second kappa shape index (κ2) is 10.6. The zero-order valence-electron chi connectivity index (χ0n) is 20.9. The summed E-state index contributed by atoms with van der Waals surface area (Å²) < 4.78 is 33.0. The highest BCUT2D eigenvalue weighted by molar-refractivity contribution is 5.83. The van der Waals surface area contributed by atoms with Crippen LogP contribution >= 0.6 is 0 Å². The standard InChI is InChI=1S/C28H31F2N3O3/c1-18-21(15-25(34)35)27(33-12-10-28(2,3)11-13-33)22(17-31-18)24-8-7-20(16-32-24)36-14-9-19-5-4-6-23(29)26(19)30/h4-8,16-17H,9-15H2,1-3H3,(H,34,35). The van der Waals surface area contributed by atoms with Gasteiger partial charge in [0.25, 0.3) is 0 Å². The van der Waals surface area contributed by atoms with Gasteiger partial charge >= 0.3 is 5.97 Å². The monoisotopic (exact) mass is 495 g/mol. The molecule has 0 atom stereocenters. The number of ether oxygens (including phenoxy) is 1. The quantitative estimate of drug-likeness (QED) is 0.438. The number of aromatic nitrogens is 2. The van der Waals surface area contributed by atoms with Crippen molar-refractivity contribution in [3.05, 3.63) is 71.2 Å². The largest absolute Gasteiger partial charge is 0.492 e. The van der Waals surface area contributed by atoms with E-state index in [1.807, 2.05) is 13.0 Å². The third-order valence-electron chi connectivity index (χ3n) is 6.81. The van der Waals surface area contributed by atoms with E-state index in [9.17, 15) is 18.7 Å². The molecule has 0 aliphatic carbocycles. The number of hydrogen-bond acceptors (Lipinski definition) is 5. The number of carboxylic acids is 1. The lowest BCUT2D eigenvalue weighted by atomic mass is 9.82. The highest BCUT2D eigenvalue weighted by atomic mass is 19.2. The van der Waals surface area contributed by atoms with E-state index in [-0.39, 0.29) is 30.4 Å². The number of carboxylic acid groups (broad SMARTS) is 1. The summed E-state index contributed by atoms with van der Waals surface area (Å²) in [6.07, 6.45) is 5.46. The van der Waals surface area contributed by atoms with Gasteiger partial charge in [0.2, 0.25) is 0 Å². The van der Waals surface area contributed by atoms with Crippen molar-refractivity contribution in [2.24, 2.45) is 5.41 Å². The third kappa shape index (κ3) is 5.80. The molecule has 1 saturated heterocycles. The number of hydrogen-bond donors (Lipinski definition) is 1. The fourth-order valence-electron chi connectivity index (χ4n) is 4.53. The molecular weight excluding hydrogens is 464 g/mol. The molecule has 8 heteroatoms. The Labute approximate surface area is 210 Å². The van der Waals surface area contributed by atoms with E-state index in [2.05, 4.69) is 28.7 Å². The topological polar surface area (TPSA) is 75.6 Å². The molecular formula is C28H31F2N3O3. The smallest absolute Gasteiger partial charge is 0.307 e. The molecule has 1 fully saturated rings. The maximum Gasteiger partial charge on any atom is 0.307 e.